The van der Waals surface area contributed by atoms with E-state index in [-0.39, 0.29) is 11.5 Å². The lowest BCUT2D eigenvalue weighted by Crippen LogP contribution is -2.18. The van der Waals surface area contributed by atoms with Gasteiger partial charge in [-0.05, 0) is 63.2 Å². The van der Waals surface area contributed by atoms with Crippen LogP contribution in [-0.4, -0.2) is 26.9 Å². The Morgan fingerprint density at radius 2 is 1.79 bits per heavy atom. The summed E-state index contributed by atoms with van der Waals surface area (Å²) in [6.45, 7) is 6.99. The highest BCUT2D eigenvalue weighted by Gasteiger charge is 2.18. The van der Waals surface area contributed by atoms with Gasteiger partial charge in [-0.15, -0.1) is 0 Å². The van der Waals surface area contributed by atoms with E-state index in [2.05, 4.69) is 40.9 Å². The van der Waals surface area contributed by atoms with Gasteiger partial charge in [-0.3, -0.25) is 4.90 Å². The van der Waals surface area contributed by atoms with Crippen molar-refractivity contribution in [1.29, 1.82) is 0 Å². The molecule has 0 aliphatic carbocycles. The monoisotopic (exact) mass is 396 g/mol. The summed E-state index contributed by atoms with van der Waals surface area (Å²) in [5.74, 6) is -0.372. The number of aromatic amines is 1. The molecule has 0 aliphatic heterocycles. The molecule has 2 aromatic carbocycles. The van der Waals surface area contributed by atoms with Crippen molar-refractivity contribution < 1.29 is 13.2 Å². The van der Waals surface area contributed by atoms with Crippen molar-refractivity contribution in [2.45, 2.75) is 33.9 Å². The molecule has 5 nitrogen and oxygen atoms in total. The fourth-order valence-corrected chi connectivity index (χ4v) is 3.32. The van der Waals surface area contributed by atoms with Gasteiger partial charge in [0.1, 0.15) is 11.6 Å². The van der Waals surface area contributed by atoms with Gasteiger partial charge in [0.25, 0.3) is 0 Å². The van der Waals surface area contributed by atoms with Gasteiger partial charge in [0.2, 0.25) is 5.89 Å². The number of hydrogen-bond acceptors (Lipinski definition) is 4. The fourth-order valence-electron chi connectivity index (χ4n) is 3.32. The van der Waals surface area contributed by atoms with Crippen LogP contribution < -0.4 is 0 Å². The molecule has 0 aliphatic rings. The lowest BCUT2D eigenvalue weighted by atomic mass is 10.1. The molecule has 7 heteroatoms. The maximum atomic E-state index is 14.0. The highest BCUT2D eigenvalue weighted by Crippen LogP contribution is 2.26. The van der Waals surface area contributed by atoms with E-state index in [0.717, 1.165) is 22.9 Å². The van der Waals surface area contributed by atoms with Crippen molar-refractivity contribution in [1.82, 2.24) is 19.9 Å². The number of nitrogens with one attached hydrogen (secondary N) is 1. The van der Waals surface area contributed by atoms with Crippen LogP contribution in [0, 0.1) is 32.4 Å². The molecule has 0 spiro atoms. The van der Waals surface area contributed by atoms with Gasteiger partial charge in [0.15, 0.2) is 11.6 Å². The van der Waals surface area contributed by atoms with Crippen LogP contribution in [0.3, 0.4) is 0 Å². The number of rotatable bonds is 5. The van der Waals surface area contributed by atoms with Crippen molar-refractivity contribution in [2.24, 2.45) is 0 Å². The van der Waals surface area contributed by atoms with E-state index in [1.165, 1.54) is 23.3 Å². The zero-order valence-corrected chi connectivity index (χ0v) is 16.8. The van der Waals surface area contributed by atoms with Gasteiger partial charge in [-0.2, -0.15) is 0 Å². The zero-order valence-electron chi connectivity index (χ0n) is 16.8. The van der Waals surface area contributed by atoms with Crippen molar-refractivity contribution in [2.75, 3.05) is 7.05 Å². The van der Waals surface area contributed by atoms with Crippen molar-refractivity contribution in [3.05, 3.63) is 70.4 Å². The Morgan fingerprint density at radius 3 is 2.59 bits per heavy atom. The summed E-state index contributed by atoms with van der Waals surface area (Å²) >= 11 is 0. The van der Waals surface area contributed by atoms with Crippen LogP contribution in [0.15, 0.2) is 34.7 Å². The third kappa shape index (κ3) is 3.78. The number of H-pyrrole nitrogens is 1. The second-order valence-corrected chi connectivity index (χ2v) is 7.43. The molecule has 4 rings (SSSR count). The average molecular weight is 396 g/mol. The Morgan fingerprint density at radius 1 is 1.03 bits per heavy atom. The number of benzene rings is 2. The first kappa shape index (κ1) is 19.3. The fraction of sp³-hybridized carbons (Fsp3) is 0.273. The normalized spacial score (nSPS) is 11.7. The minimum atomic E-state index is -0.957. The third-order valence-electron chi connectivity index (χ3n) is 5.06. The van der Waals surface area contributed by atoms with Gasteiger partial charge >= 0.3 is 0 Å². The number of imidazole rings is 1. The molecule has 0 radical (unpaired) electrons. The largest absolute Gasteiger partial charge is 0.441 e. The minimum absolute atomic E-state index is 0.0185. The number of aromatic nitrogens is 3. The van der Waals surface area contributed by atoms with Crippen LogP contribution in [-0.2, 0) is 13.1 Å². The van der Waals surface area contributed by atoms with Gasteiger partial charge in [-0.25, -0.2) is 18.7 Å². The second-order valence-electron chi connectivity index (χ2n) is 7.43. The number of oxazole rings is 1. The van der Waals surface area contributed by atoms with Crippen LogP contribution in [0.1, 0.15) is 28.4 Å². The molecule has 0 amide bonds. The van der Waals surface area contributed by atoms with Crippen LogP contribution >= 0.6 is 0 Å². The predicted molar refractivity (Wildman–Crippen MR) is 107 cm³/mol. The molecule has 0 saturated carbocycles. The summed E-state index contributed by atoms with van der Waals surface area (Å²) in [5.41, 5.74) is 5.07. The SMILES string of the molecule is Cc1cc2nc(CN(C)Cc3nc(-c4cccc(F)c4F)oc3C)[nH]c2cc1C. The molecule has 2 aromatic heterocycles. The van der Waals surface area contributed by atoms with E-state index in [0.29, 0.717) is 24.5 Å². The standard InChI is InChI=1S/C22H22F2N4O/c1-12-8-17-18(9-13(12)2)26-20(25-17)11-28(4)10-19-14(3)29-22(27-19)15-6-5-7-16(23)21(15)24/h5-9H,10-11H2,1-4H3,(H,25,26). The van der Waals surface area contributed by atoms with E-state index in [1.54, 1.807) is 6.92 Å². The van der Waals surface area contributed by atoms with Crippen LogP contribution in [0.2, 0.25) is 0 Å². The van der Waals surface area contributed by atoms with Gasteiger partial charge in [-0.1, -0.05) is 6.07 Å². The Hall–Kier alpha value is -3.06. The summed E-state index contributed by atoms with van der Waals surface area (Å²) in [5, 5.41) is 0. The maximum Gasteiger partial charge on any atom is 0.229 e. The Labute approximate surface area is 167 Å². The number of halogens is 2. The summed E-state index contributed by atoms with van der Waals surface area (Å²) in [4.78, 5) is 14.4. The van der Waals surface area contributed by atoms with Crippen molar-refractivity contribution in [3.63, 3.8) is 0 Å². The highest BCUT2D eigenvalue weighted by atomic mass is 19.2. The van der Waals surface area contributed by atoms with Crippen LogP contribution in [0.4, 0.5) is 8.78 Å². The highest BCUT2D eigenvalue weighted by molar-refractivity contribution is 5.77. The molecular formula is C22H22F2N4O. The molecule has 150 valence electrons. The number of aryl methyl sites for hydroxylation is 3. The van der Waals surface area contributed by atoms with E-state index in [1.807, 2.05) is 11.9 Å². The number of nitrogens with zero attached hydrogens (tertiary/aromatic N) is 3. The topological polar surface area (TPSA) is 58.0 Å². The lowest BCUT2D eigenvalue weighted by molar-refractivity contribution is 0.306. The number of hydrogen-bond donors (Lipinski definition) is 1. The molecule has 0 atom stereocenters. The molecule has 4 aromatic rings. The zero-order chi connectivity index (χ0) is 20.7. The summed E-state index contributed by atoms with van der Waals surface area (Å²) < 4.78 is 33.1. The maximum absolute atomic E-state index is 14.0. The summed E-state index contributed by atoms with van der Waals surface area (Å²) in [7, 11) is 1.94. The molecule has 0 saturated heterocycles. The van der Waals surface area contributed by atoms with Gasteiger partial charge in [0, 0.05) is 6.54 Å². The first-order valence-electron chi connectivity index (χ1n) is 9.37. The molecule has 29 heavy (non-hydrogen) atoms. The molecule has 2 heterocycles. The molecule has 0 bridgehead atoms. The molecule has 0 unspecified atom stereocenters. The van der Waals surface area contributed by atoms with Crippen molar-refractivity contribution >= 4 is 11.0 Å². The van der Waals surface area contributed by atoms with Crippen LogP contribution in [0.25, 0.3) is 22.5 Å². The van der Waals surface area contributed by atoms with E-state index in [4.69, 9.17) is 4.42 Å². The Kier molecular flexibility index (Phi) is 4.92. The second kappa shape index (κ2) is 7.40. The summed E-state index contributed by atoms with van der Waals surface area (Å²) in [6, 6.07) is 8.13. The quantitative estimate of drug-likeness (QED) is 0.513. The number of fused-ring (bicyclic) bond motifs is 1. The lowest BCUT2D eigenvalue weighted by Gasteiger charge is -2.13. The minimum Gasteiger partial charge on any atom is -0.441 e. The van der Waals surface area contributed by atoms with Crippen molar-refractivity contribution in [3.8, 4) is 11.5 Å². The third-order valence-corrected chi connectivity index (χ3v) is 5.06. The smallest absolute Gasteiger partial charge is 0.229 e. The van der Waals surface area contributed by atoms with Crippen LogP contribution in [0.5, 0.6) is 0 Å². The first-order valence-corrected chi connectivity index (χ1v) is 9.37. The molecular weight excluding hydrogens is 374 g/mol. The van der Waals surface area contributed by atoms with E-state index >= 15 is 0 Å². The summed E-state index contributed by atoms with van der Waals surface area (Å²) in [6.07, 6.45) is 0. The Balaban J connectivity index is 1.52. The van der Waals surface area contributed by atoms with E-state index < -0.39 is 11.6 Å². The first-order chi connectivity index (χ1) is 13.8. The molecule has 1 N–H and O–H groups in total. The predicted octanol–water partition coefficient (Wildman–Crippen LogP) is 5.05. The van der Waals surface area contributed by atoms with Gasteiger partial charge < -0.3 is 9.40 Å². The van der Waals surface area contributed by atoms with E-state index in [9.17, 15) is 8.78 Å². The molecule has 0 fully saturated rings. The Bertz CT molecular complexity index is 1160. The van der Waals surface area contributed by atoms with Gasteiger partial charge in [0.05, 0.1) is 28.8 Å². The average Bonchev–Trinajstić information content (AvgIpc) is 3.20.